The van der Waals surface area contributed by atoms with Crippen molar-refractivity contribution in [1.29, 1.82) is 0 Å². The zero-order valence-corrected chi connectivity index (χ0v) is 11.2. The van der Waals surface area contributed by atoms with Crippen LogP contribution in [0.1, 0.15) is 24.5 Å². The van der Waals surface area contributed by atoms with Crippen LogP contribution in [0.15, 0.2) is 66.8 Å². The molecule has 2 rings (SSSR count). The van der Waals surface area contributed by atoms with E-state index in [4.69, 9.17) is 0 Å². The summed E-state index contributed by atoms with van der Waals surface area (Å²) in [6, 6.07) is 8.55. The Balaban J connectivity index is 2.67. The highest BCUT2D eigenvalue weighted by molar-refractivity contribution is 5.80. The van der Waals surface area contributed by atoms with Crippen LogP contribution in [0.5, 0.6) is 0 Å². The second kappa shape index (κ2) is 5.22. The summed E-state index contributed by atoms with van der Waals surface area (Å²) in [7, 11) is 0. The number of allylic oxidation sites excluding steroid dienone is 6. The summed E-state index contributed by atoms with van der Waals surface area (Å²) in [5.74, 6) is 0.391. The molecule has 0 nitrogen and oxygen atoms in total. The first-order valence-electron chi connectivity index (χ1n) is 6.40. The molecule has 1 aromatic carbocycles. The number of hydrogen-bond acceptors (Lipinski definition) is 0. The van der Waals surface area contributed by atoms with Crippen LogP contribution in [0, 0.1) is 12.8 Å². The lowest BCUT2D eigenvalue weighted by atomic mass is 9.80. The van der Waals surface area contributed by atoms with Crippen molar-refractivity contribution in [3.05, 3.63) is 77.9 Å². The lowest BCUT2D eigenvalue weighted by Gasteiger charge is -2.25. The molecule has 1 aromatic rings. The zero-order chi connectivity index (χ0) is 13.1. The van der Waals surface area contributed by atoms with Gasteiger partial charge in [-0.2, -0.15) is 0 Å². The van der Waals surface area contributed by atoms with Crippen LogP contribution in [0.4, 0.5) is 0 Å². The summed E-state index contributed by atoms with van der Waals surface area (Å²) in [5.41, 5.74) is 6.40. The van der Waals surface area contributed by atoms with Gasteiger partial charge in [0.2, 0.25) is 0 Å². The Bertz CT molecular complexity index is 541. The quantitative estimate of drug-likeness (QED) is 0.641. The van der Waals surface area contributed by atoms with E-state index in [1.165, 1.54) is 22.3 Å². The monoisotopic (exact) mass is 236 g/mol. The Morgan fingerprint density at radius 2 is 2.06 bits per heavy atom. The van der Waals surface area contributed by atoms with Gasteiger partial charge < -0.3 is 0 Å². The largest absolute Gasteiger partial charge is 0.102 e. The fourth-order valence-corrected chi connectivity index (χ4v) is 2.55. The van der Waals surface area contributed by atoms with Crippen LogP contribution < -0.4 is 0 Å². The van der Waals surface area contributed by atoms with Gasteiger partial charge in [-0.15, -0.1) is 6.58 Å². The minimum atomic E-state index is 0.391. The van der Waals surface area contributed by atoms with Gasteiger partial charge >= 0.3 is 0 Å². The van der Waals surface area contributed by atoms with Crippen molar-refractivity contribution in [3.63, 3.8) is 0 Å². The van der Waals surface area contributed by atoms with Crippen molar-refractivity contribution < 1.29 is 0 Å². The van der Waals surface area contributed by atoms with Gasteiger partial charge in [-0.05, 0) is 42.5 Å². The third kappa shape index (κ3) is 2.24. The van der Waals surface area contributed by atoms with Crippen LogP contribution in [-0.4, -0.2) is 0 Å². The number of rotatable bonds is 3. The van der Waals surface area contributed by atoms with Crippen molar-refractivity contribution in [3.8, 4) is 0 Å². The molecule has 0 heterocycles. The van der Waals surface area contributed by atoms with E-state index < -0.39 is 0 Å². The van der Waals surface area contributed by atoms with Crippen LogP contribution >= 0.6 is 0 Å². The van der Waals surface area contributed by atoms with Gasteiger partial charge in [0.05, 0.1) is 0 Å². The Labute approximate surface area is 110 Å². The molecule has 0 aliphatic heterocycles. The summed E-state index contributed by atoms with van der Waals surface area (Å²) in [5, 5.41) is 0. The molecule has 0 N–H and O–H groups in total. The fraction of sp³-hybridized carbons (Fsp3) is 0.222. The van der Waals surface area contributed by atoms with Crippen LogP contribution in [0.25, 0.3) is 5.57 Å². The van der Waals surface area contributed by atoms with Gasteiger partial charge in [0.15, 0.2) is 0 Å². The van der Waals surface area contributed by atoms with Crippen molar-refractivity contribution in [2.24, 2.45) is 5.92 Å². The van der Waals surface area contributed by atoms with E-state index in [9.17, 15) is 0 Å². The average Bonchev–Trinajstić information content (AvgIpc) is 2.38. The molecule has 0 saturated heterocycles. The molecule has 0 saturated carbocycles. The summed E-state index contributed by atoms with van der Waals surface area (Å²) >= 11 is 0. The highest BCUT2D eigenvalue weighted by atomic mass is 14.2. The summed E-state index contributed by atoms with van der Waals surface area (Å²) in [6.45, 7) is 12.3. The number of aryl methyl sites for hydroxylation is 1. The molecule has 92 valence electrons. The second-order valence-electron chi connectivity index (χ2n) is 4.90. The van der Waals surface area contributed by atoms with Gasteiger partial charge in [-0.3, -0.25) is 0 Å². The van der Waals surface area contributed by atoms with E-state index in [2.05, 4.69) is 63.4 Å². The highest BCUT2D eigenvalue weighted by Gasteiger charge is 2.20. The first-order chi connectivity index (χ1) is 8.65. The molecule has 1 aliphatic rings. The minimum Gasteiger partial charge on any atom is -0.102 e. The summed E-state index contributed by atoms with van der Waals surface area (Å²) in [6.07, 6.45) is 7.50. The minimum absolute atomic E-state index is 0.391. The number of benzene rings is 1. The van der Waals surface area contributed by atoms with E-state index >= 15 is 0 Å². The topological polar surface area (TPSA) is 0 Å². The third-order valence-electron chi connectivity index (χ3n) is 3.52. The first kappa shape index (κ1) is 12.6. The van der Waals surface area contributed by atoms with Crippen molar-refractivity contribution in [2.45, 2.75) is 20.3 Å². The lowest BCUT2D eigenvalue weighted by Crippen LogP contribution is -2.07. The van der Waals surface area contributed by atoms with E-state index in [0.29, 0.717) is 5.92 Å². The molecule has 0 spiro atoms. The predicted octanol–water partition coefficient (Wildman–Crippen LogP) is 5.09. The number of hydrogen-bond donors (Lipinski definition) is 0. The van der Waals surface area contributed by atoms with Gasteiger partial charge in [0.1, 0.15) is 0 Å². The molecule has 1 unspecified atom stereocenters. The maximum atomic E-state index is 4.11. The average molecular weight is 236 g/mol. The van der Waals surface area contributed by atoms with Gasteiger partial charge in [-0.1, -0.05) is 54.6 Å². The normalized spacial score (nSPS) is 18.9. The highest BCUT2D eigenvalue weighted by Crippen LogP contribution is 2.37. The Kier molecular flexibility index (Phi) is 3.66. The third-order valence-corrected chi connectivity index (χ3v) is 3.52. The van der Waals surface area contributed by atoms with E-state index in [-0.39, 0.29) is 0 Å². The lowest BCUT2D eigenvalue weighted by molar-refractivity contribution is 0.838. The maximum absolute atomic E-state index is 4.11. The summed E-state index contributed by atoms with van der Waals surface area (Å²) in [4.78, 5) is 0. The molecule has 1 aliphatic carbocycles. The Morgan fingerprint density at radius 1 is 1.33 bits per heavy atom. The SMILES string of the molecule is C=CC1CC=CC(C(=C)C)=C1c1ccccc1C. The zero-order valence-electron chi connectivity index (χ0n) is 11.2. The first-order valence-corrected chi connectivity index (χ1v) is 6.40. The summed E-state index contributed by atoms with van der Waals surface area (Å²) < 4.78 is 0. The predicted molar refractivity (Wildman–Crippen MR) is 80.4 cm³/mol. The van der Waals surface area contributed by atoms with Crippen molar-refractivity contribution in [1.82, 2.24) is 0 Å². The Hall–Kier alpha value is -1.82. The smallest absolute Gasteiger partial charge is 0.00619 e. The molecular formula is C18H20. The molecule has 18 heavy (non-hydrogen) atoms. The Morgan fingerprint density at radius 3 is 2.67 bits per heavy atom. The molecule has 0 bridgehead atoms. The standard InChI is InChI=1S/C18H20/c1-5-15-10-8-12-16(13(2)3)18(15)17-11-7-6-9-14(17)4/h5-9,11-12,15H,1-2,10H2,3-4H3. The van der Waals surface area contributed by atoms with Crippen LogP contribution in [0.3, 0.4) is 0 Å². The second-order valence-corrected chi connectivity index (χ2v) is 4.90. The molecule has 0 aromatic heterocycles. The van der Waals surface area contributed by atoms with Gasteiger partial charge in [0.25, 0.3) is 0 Å². The fourth-order valence-electron chi connectivity index (χ4n) is 2.55. The molecular weight excluding hydrogens is 216 g/mol. The van der Waals surface area contributed by atoms with E-state index in [0.717, 1.165) is 12.0 Å². The van der Waals surface area contributed by atoms with Gasteiger partial charge in [0, 0.05) is 5.92 Å². The van der Waals surface area contributed by atoms with Gasteiger partial charge in [-0.25, -0.2) is 0 Å². The maximum Gasteiger partial charge on any atom is 0.00619 e. The molecule has 0 fully saturated rings. The van der Waals surface area contributed by atoms with Crippen LogP contribution in [-0.2, 0) is 0 Å². The molecule has 1 atom stereocenters. The van der Waals surface area contributed by atoms with E-state index in [1.807, 2.05) is 6.08 Å². The molecule has 0 amide bonds. The molecule has 0 heteroatoms. The van der Waals surface area contributed by atoms with Crippen molar-refractivity contribution in [2.75, 3.05) is 0 Å². The molecule has 0 radical (unpaired) electrons. The van der Waals surface area contributed by atoms with E-state index in [1.54, 1.807) is 0 Å². The van der Waals surface area contributed by atoms with Crippen LogP contribution in [0.2, 0.25) is 0 Å². The van der Waals surface area contributed by atoms with Crippen molar-refractivity contribution >= 4 is 5.57 Å².